The maximum Gasteiger partial charge on any atom is 0.0375 e. The van der Waals surface area contributed by atoms with Gasteiger partial charge in [0, 0.05) is 27.0 Å². The van der Waals surface area contributed by atoms with Crippen LogP contribution in [0.1, 0.15) is 26.3 Å². The molecular weight excluding hydrogens is 206 g/mol. The minimum absolute atomic E-state index is 0.117. The molecule has 0 saturated carbocycles. The van der Waals surface area contributed by atoms with Crippen molar-refractivity contribution in [1.82, 2.24) is 0 Å². The summed E-state index contributed by atoms with van der Waals surface area (Å²) in [5.41, 5.74) is 7.56. The number of anilines is 1. The van der Waals surface area contributed by atoms with E-state index in [-0.39, 0.29) is 4.75 Å². The first-order valence-electron chi connectivity index (χ1n) is 5.12. The van der Waals surface area contributed by atoms with Gasteiger partial charge >= 0.3 is 0 Å². The maximum absolute atomic E-state index is 11.8. The monoisotopic (exact) mass is 225 g/mol. The molecule has 0 aliphatic heterocycles. The summed E-state index contributed by atoms with van der Waals surface area (Å²) in [6.07, 6.45) is 0.851. The van der Waals surface area contributed by atoms with E-state index in [9.17, 15) is 4.21 Å². The van der Waals surface area contributed by atoms with Gasteiger partial charge in [0.05, 0.1) is 0 Å². The number of rotatable bonds is 3. The van der Waals surface area contributed by atoms with Crippen LogP contribution in [-0.2, 0) is 17.2 Å². The minimum Gasteiger partial charge on any atom is -0.399 e. The van der Waals surface area contributed by atoms with Crippen molar-refractivity contribution in [1.29, 1.82) is 0 Å². The summed E-state index contributed by atoms with van der Waals surface area (Å²) in [5, 5.41) is 0. The maximum atomic E-state index is 11.8. The summed E-state index contributed by atoms with van der Waals surface area (Å²) in [7, 11) is -0.774. The molecule has 3 heteroatoms. The van der Waals surface area contributed by atoms with Crippen molar-refractivity contribution in [3.63, 3.8) is 0 Å². The van der Waals surface area contributed by atoms with E-state index in [1.165, 1.54) is 5.56 Å². The van der Waals surface area contributed by atoms with Crippen LogP contribution in [0, 0.1) is 0 Å². The van der Waals surface area contributed by atoms with E-state index in [0.717, 1.165) is 12.1 Å². The Bertz CT molecular complexity index is 338. The Morgan fingerprint density at radius 1 is 1.20 bits per heavy atom. The molecule has 84 valence electrons. The second-order valence-corrected chi connectivity index (χ2v) is 6.98. The Labute approximate surface area is 94.3 Å². The van der Waals surface area contributed by atoms with Gasteiger partial charge < -0.3 is 5.73 Å². The molecule has 1 rings (SSSR count). The van der Waals surface area contributed by atoms with Crippen molar-refractivity contribution < 1.29 is 4.21 Å². The van der Waals surface area contributed by atoms with E-state index in [4.69, 9.17) is 5.73 Å². The normalized spacial score (nSPS) is 13.8. The molecule has 2 N–H and O–H groups in total. The molecule has 0 fully saturated rings. The molecule has 0 aromatic heterocycles. The van der Waals surface area contributed by atoms with Crippen LogP contribution in [0.4, 0.5) is 5.69 Å². The highest BCUT2D eigenvalue weighted by atomic mass is 32.2. The third kappa shape index (κ3) is 4.04. The van der Waals surface area contributed by atoms with Gasteiger partial charge in [-0.25, -0.2) is 0 Å². The van der Waals surface area contributed by atoms with E-state index in [1.54, 1.807) is 0 Å². The zero-order valence-corrected chi connectivity index (χ0v) is 10.4. The second-order valence-electron chi connectivity index (χ2n) is 4.65. The molecule has 1 atom stereocenters. The quantitative estimate of drug-likeness (QED) is 0.802. The Morgan fingerprint density at radius 3 is 2.20 bits per heavy atom. The summed E-state index contributed by atoms with van der Waals surface area (Å²) in [6, 6.07) is 7.76. The Balaban J connectivity index is 2.51. The highest BCUT2D eigenvalue weighted by Crippen LogP contribution is 2.13. The van der Waals surface area contributed by atoms with Crippen molar-refractivity contribution in [2.75, 3.05) is 11.5 Å². The fraction of sp³-hybridized carbons (Fsp3) is 0.500. The largest absolute Gasteiger partial charge is 0.399 e. The smallest absolute Gasteiger partial charge is 0.0375 e. The van der Waals surface area contributed by atoms with Crippen molar-refractivity contribution in [2.24, 2.45) is 0 Å². The summed E-state index contributed by atoms with van der Waals surface area (Å²) < 4.78 is 11.7. The first-order valence-corrected chi connectivity index (χ1v) is 6.44. The van der Waals surface area contributed by atoms with Crippen LogP contribution in [0.5, 0.6) is 0 Å². The van der Waals surface area contributed by atoms with Crippen LogP contribution >= 0.6 is 0 Å². The third-order valence-corrected chi connectivity index (χ3v) is 4.18. The van der Waals surface area contributed by atoms with Crippen LogP contribution in [0.2, 0.25) is 0 Å². The van der Waals surface area contributed by atoms with Crippen LogP contribution in [0.15, 0.2) is 24.3 Å². The van der Waals surface area contributed by atoms with Crippen LogP contribution in [0.3, 0.4) is 0 Å². The predicted molar refractivity (Wildman–Crippen MR) is 67.3 cm³/mol. The van der Waals surface area contributed by atoms with Gasteiger partial charge in [-0.15, -0.1) is 0 Å². The molecule has 2 nitrogen and oxygen atoms in total. The molecule has 1 unspecified atom stereocenters. The zero-order chi connectivity index (χ0) is 11.5. The summed E-state index contributed by atoms with van der Waals surface area (Å²) in [5.74, 6) is 0.716. The summed E-state index contributed by atoms with van der Waals surface area (Å²) in [4.78, 5) is 0. The Hall–Kier alpha value is -0.830. The highest BCUT2D eigenvalue weighted by molar-refractivity contribution is 7.86. The van der Waals surface area contributed by atoms with E-state index in [1.807, 2.05) is 45.0 Å². The molecule has 0 spiro atoms. The fourth-order valence-corrected chi connectivity index (χ4v) is 2.23. The fourth-order valence-electron chi connectivity index (χ4n) is 1.20. The van der Waals surface area contributed by atoms with Gasteiger partial charge in [-0.3, -0.25) is 4.21 Å². The number of hydrogen-bond donors (Lipinski definition) is 1. The summed E-state index contributed by atoms with van der Waals surface area (Å²) >= 11 is 0. The second kappa shape index (κ2) is 4.79. The minimum atomic E-state index is -0.774. The van der Waals surface area contributed by atoms with Crippen LogP contribution < -0.4 is 5.73 Å². The molecule has 0 heterocycles. The average molecular weight is 225 g/mol. The van der Waals surface area contributed by atoms with Gasteiger partial charge in [-0.2, -0.15) is 0 Å². The molecule has 1 aromatic rings. The molecule has 0 aliphatic rings. The molecule has 1 aromatic carbocycles. The molecule has 15 heavy (non-hydrogen) atoms. The molecule has 0 bridgehead atoms. The van der Waals surface area contributed by atoms with Gasteiger partial charge in [-0.05, 0) is 44.9 Å². The van der Waals surface area contributed by atoms with E-state index >= 15 is 0 Å². The zero-order valence-electron chi connectivity index (χ0n) is 9.62. The lowest BCUT2D eigenvalue weighted by Crippen LogP contribution is -2.24. The van der Waals surface area contributed by atoms with Crippen molar-refractivity contribution in [2.45, 2.75) is 31.9 Å². The standard InChI is InChI=1S/C12H19NOS/c1-12(2,3)15(14)9-8-10-4-6-11(13)7-5-10/h4-7H,8-9,13H2,1-3H3. The van der Waals surface area contributed by atoms with Crippen molar-refractivity contribution >= 4 is 16.5 Å². The van der Waals surface area contributed by atoms with Crippen molar-refractivity contribution in [3.05, 3.63) is 29.8 Å². The molecule has 0 aliphatic carbocycles. The van der Waals surface area contributed by atoms with Gasteiger partial charge in [0.25, 0.3) is 0 Å². The van der Waals surface area contributed by atoms with Crippen LogP contribution in [0.25, 0.3) is 0 Å². The number of hydrogen-bond acceptors (Lipinski definition) is 2. The van der Waals surface area contributed by atoms with Crippen LogP contribution in [-0.4, -0.2) is 14.7 Å². The van der Waals surface area contributed by atoms with E-state index < -0.39 is 10.8 Å². The lowest BCUT2D eigenvalue weighted by Gasteiger charge is -2.17. The van der Waals surface area contributed by atoms with E-state index in [0.29, 0.717) is 5.75 Å². The first kappa shape index (κ1) is 12.2. The molecule has 0 amide bonds. The van der Waals surface area contributed by atoms with Gasteiger partial charge in [0.1, 0.15) is 0 Å². The third-order valence-electron chi connectivity index (χ3n) is 2.24. The number of aryl methyl sites for hydroxylation is 1. The average Bonchev–Trinajstić information content (AvgIpc) is 2.15. The lowest BCUT2D eigenvalue weighted by atomic mass is 10.2. The van der Waals surface area contributed by atoms with Crippen molar-refractivity contribution in [3.8, 4) is 0 Å². The number of benzene rings is 1. The molecule has 0 radical (unpaired) electrons. The molecular formula is C12H19NOS. The van der Waals surface area contributed by atoms with Gasteiger partial charge in [-0.1, -0.05) is 12.1 Å². The highest BCUT2D eigenvalue weighted by Gasteiger charge is 2.18. The SMILES string of the molecule is CC(C)(C)S(=O)CCc1ccc(N)cc1. The number of nitrogens with two attached hydrogens (primary N) is 1. The lowest BCUT2D eigenvalue weighted by molar-refractivity contribution is 0.648. The van der Waals surface area contributed by atoms with Gasteiger partial charge in [0.15, 0.2) is 0 Å². The predicted octanol–water partition coefficient (Wildman–Crippen LogP) is 2.36. The molecule has 0 saturated heterocycles. The number of nitrogen functional groups attached to an aromatic ring is 1. The van der Waals surface area contributed by atoms with E-state index in [2.05, 4.69) is 0 Å². The topological polar surface area (TPSA) is 43.1 Å². The van der Waals surface area contributed by atoms with Gasteiger partial charge in [0.2, 0.25) is 0 Å². The Morgan fingerprint density at radius 2 is 1.73 bits per heavy atom. The first-order chi connectivity index (χ1) is 6.89. The summed E-state index contributed by atoms with van der Waals surface area (Å²) in [6.45, 7) is 6.02. The Kier molecular flexibility index (Phi) is 3.91.